The summed E-state index contributed by atoms with van der Waals surface area (Å²) in [6.07, 6.45) is 5.94. The van der Waals surface area contributed by atoms with Crippen LogP contribution in [0.25, 0.3) is 11.0 Å². The summed E-state index contributed by atoms with van der Waals surface area (Å²) >= 11 is 0. The van der Waals surface area contributed by atoms with E-state index in [-0.39, 0.29) is 11.1 Å². The van der Waals surface area contributed by atoms with E-state index in [9.17, 15) is 0 Å². The van der Waals surface area contributed by atoms with Gasteiger partial charge in [0.1, 0.15) is 11.3 Å². The van der Waals surface area contributed by atoms with Gasteiger partial charge in [0.25, 0.3) is 0 Å². The van der Waals surface area contributed by atoms with E-state index >= 15 is 0 Å². The maximum atomic E-state index is 6.24. The van der Waals surface area contributed by atoms with E-state index in [0.717, 1.165) is 35.1 Å². The summed E-state index contributed by atoms with van der Waals surface area (Å²) in [6, 6.07) is 25.4. The van der Waals surface area contributed by atoms with Crippen LogP contribution < -0.4 is 10.0 Å². The SMILES string of the molecule is CC1Cc2ccccc2N(N=Cc2cc3c(C=NN4c5ccccc5CC(C)C4(C)C)cccc3o2)C1(C)C. The van der Waals surface area contributed by atoms with Crippen LogP contribution in [0.5, 0.6) is 0 Å². The quantitative estimate of drug-likeness (QED) is 0.257. The van der Waals surface area contributed by atoms with E-state index < -0.39 is 0 Å². The molecule has 0 saturated carbocycles. The number of hydrogen-bond donors (Lipinski definition) is 0. The van der Waals surface area contributed by atoms with Gasteiger partial charge in [0, 0.05) is 10.9 Å². The van der Waals surface area contributed by atoms with Gasteiger partial charge in [-0.1, -0.05) is 62.4 Å². The average molecular weight is 519 g/mol. The molecule has 1 aromatic heterocycles. The number of rotatable bonds is 4. The van der Waals surface area contributed by atoms with E-state index in [4.69, 9.17) is 14.6 Å². The first-order valence-corrected chi connectivity index (χ1v) is 14.0. The predicted molar refractivity (Wildman–Crippen MR) is 163 cm³/mol. The molecule has 39 heavy (non-hydrogen) atoms. The molecule has 6 rings (SSSR count). The molecule has 5 nitrogen and oxygen atoms in total. The molecule has 3 aromatic carbocycles. The smallest absolute Gasteiger partial charge is 0.148 e. The molecule has 2 atom stereocenters. The molecule has 2 aliphatic rings. The lowest BCUT2D eigenvalue weighted by atomic mass is 9.79. The third-order valence-electron chi connectivity index (χ3n) is 9.22. The van der Waals surface area contributed by atoms with Crippen LogP contribution in [0.2, 0.25) is 0 Å². The van der Waals surface area contributed by atoms with E-state index in [0.29, 0.717) is 11.8 Å². The highest BCUT2D eigenvalue weighted by Gasteiger charge is 2.39. The van der Waals surface area contributed by atoms with Gasteiger partial charge in [0.2, 0.25) is 0 Å². The standard InChI is InChI=1S/C34H38N4O/c1-23-18-25-12-7-9-15-30(25)37(33(23,3)4)35-21-27-14-11-17-32-29(27)20-28(39-32)22-36-38-31-16-10-8-13-26(31)19-24(2)34(38,5)6/h7-17,20-24H,18-19H2,1-6H3. The van der Waals surface area contributed by atoms with Gasteiger partial charge in [-0.3, -0.25) is 10.0 Å². The Balaban J connectivity index is 1.33. The average Bonchev–Trinajstić information content (AvgIpc) is 3.33. The Kier molecular flexibility index (Phi) is 6.13. The maximum Gasteiger partial charge on any atom is 0.148 e. The first-order chi connectivity index (χ1) is 18.7. The summed E-state index contributed by atoms with van der Waals surface area (Å²) in [5.74, 6) is 1.67. The van der Waals surface area contributed by atoms with Crippen molar-refractivity contribution < 1.29 is 4.42 Å². The van der Waals surface area contributed by atoms with Gasteiger partial charge in [-0.05, 0) is 87.8 Å². The summed E-state index contributed by atoms with van der Waals surface area (Å²) in [4.78, 5) is 0. The first-order valence-electron chi connectivity index (χ1n) is 14.0. The molecule has 0 bridgehead atoms. The molecule has 0 spiro atoms. The zero-order valence-corrected chi connectivity index (χ0v) is 23.8. The minimum Gasteiger partial charge on any atom is -0.455 e. The van der Waals surface area contributed by atoms with E-state index in [1.807, 2.05) is 24.6 Å². The van der Waals surface area contributed by atoms with Crippen LogP contribution in [0.4, 0.5) is 11.4 Å². The first kappa shape index (κ1) is 25.4. The number of nitrogens with zero attached hydrogens (tertiary/aromatic N) is 4. The van der Waals surface area contributed by atoms with Crippen molar-refractivity contribution in [3.05, 3.63) is 95.2 Å². The second kappa shape index (κ2) is 9.41. The van der Waals surface area contributed by atoms with Crippen molar-refractivity contribution in [2.45, 2.75) is 65.5 Å². The number of benzene rings is 3. The molecule has 5 heteroatoms. The van der Waals surface area contributed by atoms with Crippen LogP contribution in [0.15, 0.2) is 87.4 Å². The molecule has 2 aliphatic heterocycles. The highest BCUT2D eigenvalue weighted by atomic mass is 16.3. The lowest BCUT2D eigenvalue weighted by Crippen LogP contribution is -2.50. The molecule has 0 radical (unpaired) electrons. The predicted octanol–water partition coefficient (Wildman–Crippen LogP) is 8.06. The minimum atomic E-state index is -0.108. The van der Waals surface area contributed by atoms with Gasteiger partial charge in [-0.25, -0.2) is 0 Å². The van der Waals surface area contributed by atoms with Gasteiger partial charge in [0.05, 0.1) is 34.9 Å². The Morgan fingerprint density at radius 1 is 0.718 bits per heavy atom. The Labute approximate surface area is 231 Å². The molecule has 3 heterocycles. The fraction of sp³-hybridized carbons (Fsp3) is 0.353. The maximum absolute atomic E-state index is 6.24. The highest BCUT2D eigenvalue weighted by molar-refractivity contribution is 6.00. The number of anilines is 2. The van der Waals surface area contributed by atoms with Crippen LogP contribution in [0.1, 0.15) is 64.0 Å². The van der Waals surface area contributed by atoms with Crippen LogP contribution in [-0.2, 0) is 12.8 Å². The summed E-state index contributed by atoms with van der Waals surface area (Å²) in [7, 11) is 0. The number of furan rings is 1. The number of fused-ring (bicyclic) bond motifs is 3. The second-order valence-corrected chi connectivity index (χ2v) is 12.3. The van der Waals surface area contributed by atoms with Crippen molar-refractivity contribution in [2.75, 3.05) is 10.0 Å². The third kappa shape index (κ3) is 4.34. The molecular formula is C34H38N4O. The lowest BCUT2D eigenvalue weighted by molar-refractivity contribution is 0.304. The minimum absolute atomic E-state index is 0.0956. The van der Waals surface area contributed by atoms with Gasteiger partial charge in [-0.2, -0.15) is 10.2 Å². The number of hydrogen-bond acceptors (Lipinski definition) is 5. The van der Waals surface area contributed by atoms with E-state index in [1.165, 1.54) is 22.5 Å². The third-order valence-corrected chi connectivity index (χ3v) is 9.22. The monoisotopic (exact) mass is 518 g/mol. The van der Waals surface area contributed by atoms with Crippen LogP contribution in [0.3, 0.4) is 0 Å². The normalized spacial score (nSPS) is 22.0. The summed E-state index contributed by atoms with van der Waals surface area (Å²) < 4.78 is 6.24. The highest BCUT2D eigenvalue weighted by Crippen LogP contribution is 2.41. The van der Waals surface area contributed by atoms with Gasteiger partial charge in [0.15, 0.2) is 0 Å². The van der Waals surface area contributed by atoms with Crippen molar-refractivity contribution in [3.63, 3.8) is 0 Å². The van der Waals surface area contributed by atoms with Gasteiger partial charge < -0.3 is 4.42 Å². The Hall–Kier alpha value is -3.86. The van der Waals surface area contributed by atoms with Crippen LogP contribution in [-0.4, -0.2) is 23.5 Å². The second-order valence-electron chi connectivity index (χ2n) is 12.3. The molecule has 0 aliphatic carbocycles. The summed E-state index contributed by atoms with van der Waals surface area (Å²) in [5.41, 5.74) is 6.69. The van der Waals surface area contributed by atoms with E-state index in [2.05, 4.69) is 112 Å². The summed E-state index contributed by atoms with van der Waals surface area (Å²) in [6.45, 7) is 13.7. The largest absolute Gasteiger partial charge is 0.455 e. The zero-order chi connectivity index (χ0) is 27.4. The number of para-hydroxylation sites is 2. The Morgan fingerprint density at radius 3 is 1.85 bits per heavy atom. The van der Waals surface area contributed by atoms with Crippen LogP contribution in [0, 0.1) is 11.8 Å². The fourth-order valence-corrected chi connectivity index (χ4v) is 5.91. The molecule has 0 N–H and O–H groups in total. The van der Waals surface area contributed by atoms with Crippen molar-refractivity contribution >= 4 is 34.8 Å². The van der Waals surface area contributed by atoms with Gasteiger partial charge >= 0.3 is 0 Å². The van der Waals surface area contributed by atoms with Gasteiger partial charge in [-0.15, -0.1) is 0 Å². The lowest BCUT2D eigenvalue weighted by Gasteiger charge is -2.45. The molecule has 0 amide bonds. The molecule has 200 valence electrons. The van der Waals surface area contributed by atoms with Crippen molar-refractivity contribution in [1.82, 2.24) is 0 Å². The molecule has 0 saturated heterocycles. The Morgan fingerprint density at radius 2 is 1.26 bits per heavy atom. The Bertz CT molecular complexity index is 1580. The summed E-state index contributed by atoms with van der Waals surface area (Å²) in [5, 5.41) is 15.4. The topological polar surface area (TPSA) is 44.3 Å². The molecule has 2 unspecified atom stereocenters. The van der Waals surface area contributed by atoms with Crippen molar-refractivity contribution in [1.29, 1.82) is 0 Å². The molecule has 4 aromatic rings. The zero-order valence-electron chi connectivity index (χ0n) is 23.8. The number of hydrazone groups is 2. The fourth-order valence-electron chi connectivity index (χ4n) is 5.91. The van der Waals surface area contributed by atoms with Crippen molar-refractivity contribution in [3.8, 4) is 0 Å². The molecular weight excluding hydrogens is 480 g/mol. The molecule has 0 fully saturated rings. The van der Waals surface area contributed by atoms with E-state index in [1.54, 1.807) is 0 Å². The van der Waals surface area contributed by atoms with Crippen molar-refractivity contribution in [2.24, 2.45) is 22.0 Å². The van der Waals surface area contributed by atoms with Crippen LogP contribution >= 0.6 is 0 Å².